The molecule has 332 valence electrons. The summed E-state index contributed by atoms with van der Waals surface area (Å²) in [7, 11) is 0. The van der Waals surface area contributed by atoms with Gasteiger partial charge < -0.3 is 14.2 Å². The Labute approximate surface area is 357 Å². The van der Waals surface area contributed by atoms with Gasteiger partial charge in [0.1, 0.15) is 13.2 Å². The smallest absolute Gasteiger partial charge is 0.306 e. The van der Waals surface area contributed by atoms with Crippen LogP contribution in [0.25, 0.3) is 0 Å². The molecular formula is C52H88O6. The van der Waals surface area contributed by atoms with E-state index in [1.165, 1.54) is 83.5 Å². The molecule has 0 aliphatic heterocycles. The van der Waals surface area contributed by atoms with Gasteiger partial charge in [-0.25, -0.2) is 0 Å². The molecule has 0 radical (unpaired) electrons. The minimum Gasteiger partial charge on any atom is -0.462 e. The van der Waals surface area contributed by atoms with E-state index in [4.69, 9.17) is 14.2 Å². The first-order valence-electron chi connectivity index (χ1n) is 23.9. The summed E-state index contributed by atoms with van der Waals surface area (Å²) < 4.78 is 16.6. The molecule has 0 rings (SSSR count). The molecule has 0 aliphatic rings. The van der Waals surface area contributed by atoms with Crippen LogP contribution < -0.4 is 0 Å². The first kappa shape index (κ1) is 54.9. The number of carbonyl (C=O) groups excluding carboxylic acids is 3. The average Bonchev–Trinajstić information content (AvgIpc) is 3.22. The molecule has 58 heavy (non-hydrogen) atoms. The quantitative estimate of drug-likeness (QED) is 0.0264. The Bertz CT molecular complexity index is 1110. The van der Waals surface area contributed by atoms with Gasteiger partial charge in [0, 0.05) is 19.3 Å². The molecule has 1 atom stereocenters. The normalized spacial score (nSPS) is 12.7. The Morgan fingerprint density at radius 1 is 0.362 bits per heavy atom. The minimum atomic E-state index is -0.799. The van der Waals surface area contributed by atoms with Gasteiger partial charge in [-0.15, -0.1) is 0 Å². The lowest BCUT2D eigenvalue weighted by atomic mass is 10.0. The van der Waals surface area contributed by atoms with Crippen LogP contribution in [0.5, 0.6) is 0 Å². The Morgan fingerprint density at radius 3 is 1.05 bits per heavy atom. The zero-order valence-corrected chi connectivity index (χ0v) is 37.8. The Hall–Kier alpha value is -3.15. The second-order valence-electron chi connectivity index (χ2n) is 15.6. The fourth-order valence-electron chi connectivity index (χ4n) is 6.41. The van der Waals surface area contributed by atoms with Crippen LogP contribution in [0.1, 0.15) is 220 Å². The highest BCUT2D eigenvalue weighted by atomic mass is 16.6. The summed E-state index contributed by atoms with van der Waals surface area (Å²) in [5, 5.41) is 0. The van der Waals surface area contributed by atoms with E-state index < -0.39 is 6.10 Å². The molecule has 6 heteroatoms. The van der Waals surface area contributed by atoms with Gasteiger partial charge in [-0.2, -0.15) is 0 Å². The van der Waals surface area contributed by atoms with E-state index in [0.29, 0.717) is 19.3 Å². The largest absolute Gasteiger partial charge is 0.462 e. The van der Waals surface area contributed by atoms with Crippen LogP contribution in [-0.4, -0.2) is 37.2 Å². The van der Waals surface area contributed by atoms with Crippen molar-refractivity contribution >= 4 is 17.9 Å². The van der Waals surface area contributed by atoms with Crippen molar-refractivity contribution in [3.05, 3.63) is 72.9 Å². The van der Waals surface area contributed by atoms with E-state index in [1.54, 1.807) is 0 Å². The van der Waals surface area contributed by atoms with E-state index in [1.807, 2.05) is 12.2 Å². The van der Waals surface area contributed by atoms with Crippen molar-refractivity contribution in [1.82, 2.24) is 0 Å². The molecule has 0 spiro atoms. The topological polar surface area (TPSA) is 78.9 Å². The van der Waals surface area contributed by atoms with Crippen molar-refractivity contribution in [3.63, 3.8) is 0 Å². The second kappa shape index (κ2) is 46.5. The number of unbranched alkanes of at least 4 members (excludes halogenated alkanes) is 19. The first-order valence-corrected chi connectivity index (χ1v) is 23.9. The van der Waals surface area contributed by atoms with Crippen LogP contribution in [0.3, 0.4) is 0 Å². The summed E-state index contributed by atoms with van der Waals surface area (Å²) in [6.45, 7) is 6.37. The lowest BCUT2D eigenvalue weighted by Gasteiger charge is -2.18. The third-order valence-corrected chi connectivity index (χ3v) is 9.99. The van der Waals surface area contributed by atoms with E-state index >= 15 is 0 Å². The Balaban J connectivity index is 4.32. The summed E-state index contributed by atoms with van der Waals surface area (Å²) in [6, 6.07) is 0. The van der Waals surface area contributed by atoms with Crippen molar-refractivity contribution in [2.24, 2.45) is 0 Å². The molecule has 0 amide bonds. The van der Waals surface area contributed by atoms with Crippen LogP contribution in [0.15, 0.2) is 72.9 Å². The average molecular weight is 809 g/mol. The Kier molecular flexibility index (Phi) is 44.0. The van der Waals surface area contributed by atoms with Crippen molar-refractivity contribution < 1.29 is 28.6 Å². The highest BCUT2D eigenvalue weighted by molar-refractivity contribution is 5.71. The summed E-state index contributed by atoms with van der Waals surface area (Å²) in [4.78, 5) is 37.5. The first-order chi connectivity index (χ1) is 28.5. The van der Waals surface area contributed by atoms with Gasteiger partial charge in [-0.3, -0.25) is 14.4 Å². The van der Waals surface area contributed by atoms with Crippen LogP contribution in [-0.2, 0) is 28.6 Å². The summed E-state index contributed by atoms with van der Waals surface area (Å²) >= 11 is 0. The molecule has 0 N–H and O–H groups in total. The van der Waals surface area contributed by atoms with Gasteiger partial charge in [-0.05, 0) is 57.8 Å². The highest BCUT2D eigenvalue weighted by Gasteiger charge is 2.19. The van der Waals surface area contributed by atoms with Crippen LogP contribution in [0.2, 0.25) is 0 Å². The second-order valence-corrected chi connectivity index (χ2v) is 15.6. The SMILES string of the molecule is CC/C=C\C/C=C\C/C=C\C/C=C\C/C=C\C/C=C\CCC(=O)OCC(COC(=O)CCCCCCC)OC(=O)CCCCCCCCCCCCCCCCCC. The van der Waals surface area contributed by atoms with E-state index in [0.717, 1.165) is 89.9 Å². The number of hydrogen-bond donors (Lipinski definition) is 0. The fourth-order valence-corrected chi connectivity index (χ4v) is 6.41. The summed E-state index contributed by atoms with van der Waals surface area (Å²) in [6.07, 6.45) is 57.9. The molecule has 0 bridgehead atoms. The molecule has 0 heterocycles. The minimum absolute atomic E-state index is 0.0983. The molecule has 0 saturated heterocycles. The molecule has 0 aromatic carbocycles. The molecular weight excluding hydrogens is 721 g/mol. The van der Waals surface area contributed by atoms with Crippen LogP contribution in [0, 0.1) is 0 Å². The van der Waals surface area contributed by atoms with Gasteiger partial charge in [0.2, 0.25) is 0 Å². The number of carbonyl (C=O) groups is 3. The lowest BCUT2D eigenvalue weighted by molar-refractivity contribution is -0.166. The number of allylic oxidation sites excluding steroid dienone is 12. The maximum Gasteiger partial charge on any atom is 0.306 e. The molecule has 0 aromatic heterocycles. The van der Waals surface area contributed by atoms with Crippen molar-refractivity contribution in [2.45, 2.75) is 226 Å². The molecule has 0 saturated carbocycles. The monoisotopic (exact) mass is 809 g/mol. The zero-order chi connectivity index (χ0) is 42.3. The van der Waals surface area contributed by atoms with E-state index in [-0.39, 0.29) is 37.5 Å². The van der Waals surface area contributed by atoms with Crippen molar-refractivity contribution in [1.29, 1.82) is 0 Å². The maximum atomic E-state index is 12.7. The standard InChI is InChI=1S/C52H88O6/c1-4-7-10-13-15-17-19-21-23-25-26-27-29-30-32-34-36-39-42-45-51(54)57-48-49(47-56-50(53)44-41-38-12-9-6-3)58-52(55)46-43-40-37-35-33-31-28-24-22-20-18-16-14-11-8-5-2/h7,10,15,17,21,23,26-27,30,32,36,39,49H,4-6,8-9,11-14,16,18-20,22,24-25,28-29,31,33-35,37-38,40-48H2,1-3H3/b10-7-,17-15-,23-21-,27-26-,32-30-,39-36-. The van der Waals surface area contributed by atoms with Gasteiger partial charge >= 0.3 is 17.9 Å². The van der Waals surface area contributed by atoms with Crippen LogP contribution in [0.4, 0.5) is 0 Å². The predicted octanol–water partition coefficient (Wildman–Crippen LogP) is 15.5. The number of hydrogen-bond acceptors (Lipinski definition) is 6. The van der Waals surface area contributed by atoms with Crippen LogP contribution >= 0.6 is 0 Å². The molecule has 1 unspecified atom stereocenters. The highest BCUT2D eigenvalue weighted by Crippen LogP contribution is 2.15. The number of ether oxygens (including phenoxy) is 3. The fraction of sp³-hybridized carbons (Fsp3) is 0.712. The molecule has 0 aliphatic carbocycles. The third-order valence-electron chi connectivity index (χ3n) is 9.99. The summed E-state index contributed by atoms with van der Waals surface area (Å²) in [5.41, 5.74) is 0. The number of rotatable bonds is 42. The molecule has 0 fully saturated rings. The third kappa shape index (κ3) is 44.0. The molecule has 6 nitrogen and oxygen atoms in total. The van der Waals surface area contributed by atoms with E-state index in [9.17, 15) is 14.4 Å². The lowest BCUT2D eigenvalue weighted by Crippen LogP contribution is -2.30. The van der Waals surface area contributed by atoms with E-state index in [2.05, 4.69) is 81.5 Å². The van der Waals surface area contributed by atoms with Gasteiger partial charge in [-0.1, -0.05) is 216 Å². The Morgan fingerprint density at radius 2 is 0.672 bits per heavy atom. The predicted molar refractivity (Wildman–Crippen MR) is 247 cm³/mol. The summed E-state index contributed by atoms with van der Waals surface area (Å²) in [5.74, 6) is -1.00. The van der Waals surface area contributed by atoms with Crippen molar-refractivity contribution in [3.8, 4) is 0 Å². The number of esters is 3. The zero-order valence-electron chi connectivity index (χ0n) is 37.8. The van der Waals surface area contributed by atoms with Gasteiger partial charge in [0.25, 0.3) is 0 Å². The molecule has 0 aromatic rings. The van der Waals surface area contributed by atoms with Crippen molar-refractivity contribution in [2.75, 3.05) is 13.2 Å². The maximum absolute atomic E-state index is 12.7. The van der Waals surface area contributed by atoms with Gasteiger partial charge in [0.15, 0.2) is 6.10 Å². The van der Waals surface area contributed by atoms with Gasteiger partial charge in [0.05, 0.1) is 0 Å².